The summed E-state index contributed by atoms with van der Waals surface area (Å²) in [6, 6.07) is 0. The van der Waals surface area contributed by atoms with E-state index in [1.807, 2.05) is 0 Å². The molecule has 0 fully saturated rings. The van der Waals surface area contributed by atoms with Gasteiger partial charge in [-0.05, 0) is 4.33 Å². The Labute approximate surface area is 51.0 Å². The predicted octanol–water partition coefficient (Wildman–Crippen LogP) is -0.613. The van der Waals surface area contributed by atoms with Crippen LogP contribution < -0.4 is 0 Å². The highest BCUT2D eigenvalue weighted by atomic mass is 32.3. The van der Waals surface area contributed by atoms with E-state index in [0.717, 1.165) is 0 Å². The zero-order valence-corrected chi connectivity index (χ0v) is 5.50. The summed E-state index contributed by atoms with van der Waals surface area (Å²) in [7, 11) is -7.96. The molecule has 0 aliphatic carbocycles. The molecule has 0 aliphatic rings. The maximum atomic E-state index is 9.50. The molecule has 2 N–H and O–H groups in total. The van der Waals surface area contributed by atoms with E-state index in [9.17, 15) is 13.0 Å². The largest absolute Gasteiger partial charge is 0.727 e. The zero-order chi connectivity index (χ0) is 7.49. The van der Waals surface area contributed by atoms with Gasteiger partial charge in [0.1, 0.15) is 0 Å². The fraction of sp³-hybridized carbons (Fsp3) is 0. The molecular weight excluding hydrogens is 175 g/mol. The smallest absolute Gasteiger partial charge is 0.262 e. The Kier molecular flexibility index (Phi) is 3.12. The molecule has 0 aromatic rings. The van der Waals surface area contributed by atoms with E-state index in [4.69, 9.17) is 9.45 Å². The molecule has 0 bridgehead atoms. The standard InChI is InChI=1S/HO7PS/c1-8(2)6-7-9(3,4)5/h(H-,1,2,3,4,5)/p+1. The van der Waals surface area contributed by atoms with Crippen molar-refractivity contribution < 1.29 is 31.4 Å². The van der Waals surface area contributed by atoms with Crippen LogP contribution in [0.4, 0.5) is 0 Å². The molecule has 0 saturated heterocycles. The van der Waals surface area contributed by atoms with Crippen LogP contribution in [0, 0.1) is 0 Å². The lowest BCUT2D eigenvalue weighted by atomic mass is 14.9. The Balaban J connectivity index is 3.67. The molecule has 0 radical (unpaired) electrons. The SMILES string of the molecule is O=[P+](O)OOS(=O)(=O)O. The van der Waals surface area contributed by atoms with Crippen LogP contribution in [0.25, 0.3) is 0 Å². The Bertz CT molecular complexity index is 187. The van der Waals surface area contributed by atoms with Gasteiger partial charge in [0.25, 0.3) is 0 Å². The van der Waals surface area contributed by atoms with Gasteiger partial charge in [-0.15, -0.1) is 4.89 Å². The van der Waals surface area contributed by atoms with Crippen LogP contribution in [-0.4, -0.2) is 17.9 Å². The molecule has 0 amide bonds. The quantitative estimate of drug-likeness (QED) is 0.256. The van der Waals surface area contributed by atoms with Crippen molar-refractivity contribution in [2.75, 3.05) is 0 Å². The summed E-state index contributed by atoms with van der Waals surface area (Å²) in [6.45, 7) is 0. The average molecular weight is 177 g/mol. The third-order valence-electron chi connectivity index (χ3n) is 0.180. The molecule has 0 aromatic carbocycles. The van der Waals surface area contributed by atoms with Crippen LogP contribution >= 0.6 is 8.25 Å². The minimum absolute atomic E-state index is 2.98. The van der Waals surface area contributed by atoms with Crippen LogP contribution in [-0.2, 0) is 24.0 Å². The van der Waals surface area contributed by atoms with Crippen molar-refractivity contribution in [3.63, 3.8) is 0 Å². The van der Waals surface area contributed by atoms with E-state index in [1.165, 1.54) is 0 Å². The second kappa shape index (κ2) is 3.16. The Morgan fingerprint density at radius 1 is 1.44 bits per heavy atom. The normalized spacial score (nSPS) is 13.3. The molecule has 0 aliphatic heterocycles. The summed E-state index contributed by atoms with van der Waals surface area (Å²) in [5, 5.41) is 0. The first-order valence-corrected chi connectivity index (χ1v) is 3.91. The topological polar surface area (TPSA) is 110 Å². The van der Waals surface area contributed by atoms with Gasteiger partial charge in [-0.2, -0.15) is 8.42 Å². The third-order valence-corrected chi connectivity index (χ3v) is 0.723. The molecule has 0 spiro atoms. The first kappa shape index (κ1) is 8.89. The van der Waals surface area contributed by atoms with Crippen molar-refractivity contribution in [3.05, 3.63) is 0 Å². The van der Waals surface area contributed by atoms with Crippen molar-refractivity contribution in [3.8, 4) is 0 Å². The van der Waals surface area contributed by atoms with E-state index in [-0.39, 0.29) is 0 Å². The lowest BCUT2D eigenvalue weighted by molar-refractivity contribution is -0.104. The summed E-state index contributed by atoms with van der Waals surface area (Å²) >= 11 is 0. The van der Waals surface area contributed by atoms with Gasteiger partial charge in [0, 0.05) is 4.57 Å². The molecule has 0 heterocycles. The molecule has 1 atom stereocenters. The predicted molar refractivity (Wildman–Crippen MR) is 23.5 cm³/mol. The van der Waals surface area contributed by atoms with Gasteiger partial charge in [-0.1, -0.05) is 0 Å². The monoisotopic (exact) mass is 177 g/mol. The van der Waals surface area contributed by atoms with Crippen molar-refractivity contribution in [1.29, 1.82) is 0 Å². The molecule has 0 aromatic heterocycles. The van der Waals surface area contributed by atoms with E-state index >= 15 is 0 Å². The van der Waals surface area contributed by atoms with Crippen LogP contribution in [0.3, 0.4) is 0 Å². The average Bonchev–Trinajstić information content (AvgIpc) is 1.59. The fourth-order valence-electron chi connectivity index (χ4n) is 0.0645. The first-order valence-electron chi connectivity index (χ1n) is 1.41. The van der Waals surface area contributed by atoms with Crippen molar-refractivity contribution in [2.24, 2.45) is 0 Å². The van der Waals surface area contributed by atoms with Gasteiger partial charge in [-0.3, -0.25) is 4.55 Å². The highest BCUT2D eigenvalue weighted by molar-refractivity contribution is 7.80. The summed E-state index contributed by atoms with van der Waals surface area (Å²) in [5.41, 5.74) is 0. The van der Waals surface area contributed by atoms with E-state index in [2.05, 4.69) is 9.01 Å². The lowest BCUT2D eigenvalue weighted by Crippen LogP contribution is -2.00. The summed E-state index contributed by atoms with van der Waals surface area (Å²) in [4.78, 5) is 7.70. The highest BCUT2D eigenvalue weighted by Crippen LogP contribution is 2.15. The third kappa shape index (κ3) is 7.89. The van der Waals surface area contributed by atoms with Gasteiger partial charge in [0.05, 0.1) is 4.67 Å². The van der Waals surface area contributed by atoms with Crippen molar-refractivity contribution in [1.82, 2.24) is 0 Å². The van der Waals surface area contributed by atoms with E-state index < -0.39 is 18.7 Å². The molecule has 1 unspecified atom stereocenters. The molecular formula is H2O7PS+. The maximum absolute atomic E-state index is 9.50. The Hall–Kier alpha value is -0.110. The second-order valence-electron chi connectivity index (χ2n) is 0.808. The minimum Gasteiger partial charge on any atom is -0.262 e. The first-order chi connectivity index (χ1) is 3.92. The zero-order valence-electron chi connectivity index (χ0n) is 3.79. The van der Waals surface area contributed by atoms with Gasteiger partial charge in [0.15, 0.2) is 0 Å². The number of rotatable bonds is 3. The maximum Gasteiger partial charge on any atom is 0.727 e. The van der Waals surface area contributed by atoms with Gasteiger partial charge in [-0.25, -0.2) is 0 Å². The lowest BCUT2D eigenvalue weighted by Gasteiger charge is -1.81. The molecule has 9 heteroatoms. The molecule has 9 heavy (non-hydrogen) atoms. The molecule has 54 valence electrons. The Morgan fingerprint density at radius 2 is 1.89 bits per heavy atom. The molecule has 7 nitrogen and oxygen atoms in total. The Morgan fingerprint density at radius 3 is 2.00 bits per heavy atom. The minimum atomic E-state index is -4.79. The molecule has 0 saturated carbocycles. The van der Waals surface area contributed by atoms with Gasteiger partial charge >= 0.3 is 18.7 Å². The van der Waals surface area contributed by atoms with E-state index in [1.54, 1.807) is 0 Å². The number of hydrogen-bond donors (Lipinski definition) is 2. The van der Waals surface area contributed by atoms with Crippen LogP contribution in [0.5, 0.6) is 0 Å². The second-order valence-corrected chi connectivity index (χ2v) is 2.42. The van der Waals surface area contributed by atoms with Gasteiger partial charge < -0.3 is 0 Å². The van der Waals surface area contributed by atoms with Crippen molar-refractivity contribution >= 4 is 18.7 Å². The van der Waals surface area contributed by atoms with Crippen LogP contribution in [0.15, 0.2) is 0 Å². The summed E-state index contributed by atoms with van der Waals surface area (Å²) in [5.74, 6) is 0. The van der Waals surface area contributed by atoms with Crippen molar-refractivity contribution in [2.45, 2.75) is 0 Å². The molecule has 0 rings (SSSR count). The van der Waals surface area contributed by atoms with Crippen LogP contribution in [0.2, 0.25) is 0 Å². The number of hydrogen-bond acceptors (Lipinski definition) is 5. The highest BCUT2D eigenvalue weighted by Gasteiger charge is 2.19. The summed E-state index contributed by atoms with van der Waals surface area (Å²) in [6.07, 6.45) is 0. The summed E-state index contributed by atoms with van der Waals surface area (Å²) < 4.78 is 42.2. The van der Waals surface area contributed by atoms with E-state index in [0.29, 0.717) is 0 Å². The fourth-order valence-corrected chi connectivity index (χ4v) is 0.580. The van der Waals surface area contributed by atoms with Crippen LogP contribution in [0.1, 0.15) is 0 Å². The van der Waals surface area contributed by atoms with Gasteiger partial charge in [0.2, 0.25) is 0 Å².